The van der Waals surface area contributed by atoms with E-state index >= 15 is 0 Å². The number of hydrazine groups is 1. The van der Waals surface area contributed by atoms with Crippen LogP contribution in [0.4, 0.5) is 10.5 Å². The lowest BCUT2D eigenvalue weighted by Gasteiger charge is -2.35. The summed E-state index contributed by atoms with van der Waals surface area (Å²) in [6, 6.07) is 17.2. The molecule has 1 unspecified atom stereocenters. The number of nitrogens with zero attached hydrogens (tertiary/aromatic N) is 1. The van der Waals surface area contributed by atoms with Gasteiger partial charge in [0.2, 0.25) is 0 Å². The topological polar surface area (TPSA) is 53.6 Å². The highest BCUT2D eigenvalue weighted by Crippen LogP contribution is 2.38. The van der Waals surface area contributed by atoms with Gasteiger partial charge in [-0.25, -0.2) is 9.80 Å². The van der Waals surface area contributed by atoms with Gasteiger partial charge in [0.15, 0.2) is 0 Å². The molecule has 1 atom stereocenters. The van der Waals surface area contributed by atoms with Crippen LogP contribution in [0.25, 0.3) is 0 Å². The average molecular weight is 281 g/mol. The first-order chi connectivity index (χ1) is 10.3. The number of urea groups is 1. The molecule has 2 amide bonds. The van der Waals surface area contributed by atoms with E-state index in [1.807, 2.05) is 54.6 Å². The Balaban J connectivity index is 1.74. The van der Waals surface area contributed by atoms with Crippen molar-refractivity contribution < 1.29 is 9.53 Å². The van der Waals surface area contributed by atoms with Gasteiger partial charge in [0.25, 0.3) is 0 Å². The van der Waals surface area contributed by atoms with Crippen molar-refractivity contribution in [2.75, 3.05) is 11.6 Å². The van der Waals surface area contributed by atoms with Gasteiger partial charge in [-0.15, -0.1) is 0 Å². The zero-order valence-electron chi connectivity index (χ0n) is 11.4. The first kappa shape index (κ1) is 12.2. The number of hydrogen-bond donors (Lipinski definition) is 2. The van der Waals surface area contributed by atoms with Crippen molar-refractivity contribution in [1.82, 2.24) is 10.7 Å². The molecule has 2 aromatic rings. The Morgan fingerprint density at radius 2 is 1.81 bits per heavy atom. The lowest BCUT2D eigenvalue weighted by atomic mass is 9.94. The minimum absolute atomic E-state index is 0.155. The third kappa shape index (κ3) is 1.86. The monoisotopic (exact) mass is 281 g/mol. The second-order valence-electron chi connectivity index (χ2n) is 5.21. The molecule has 2 N–H and O–H groups in total. The van der Waals surface area contributed by atoms with Crippen LogP contribution >= 0.6 is 0 Å². The number of hydrogen-bond acceptors (Lipinski definition) is 3. The lowest BCUT2D eigenvalue weighted by molar-refractivity contribution is 0.182. The number of ether oxygens (including phenoxy) is 1. The maximum Gasteiger partial charge on any atom is 0.338 e. The summed E-state index contributed by atoms with van der Waals surface area (Å²) in [5, 5.41) is 4.63. The molecule has 106 valence electrons. The summed E-state index contributed by atoms with van der Waals surface area (Å²) in [6.07, 6.45) is 0.680. The highest BCUT2D eigenvalue weighted by molar-refractivity contribution is 5.94. The van der Waals surface area contributed by atoms with Crippen molar-refractivity contribution in [3.05, 3.63) is 60.2 Å². The van der Waals surface area contributed by atoms with Crippen LogP contribution in [0, 0.1) is 0 Å². The fourth-order valence-corrected chi connectivity index (χ4v) is 2.91. The molecule has 0 saturated carbocycles. The van der Waals surface area contributed by atoms with E-state index in [4.69, 9.17) is 4.74 Å². The van der Waals surface area contributed by atoms with Crippen LogP contribution in [0.3, 0.4) is 0 Å². The van der Waals surface area contributed by atoms with Crippen molar-refractivity contribution in [2.24, 2.45) is 0 Å². The van der Waals surface area contributed by atoms with Gasteiger partial charge in [-0.1, -0.05) is 36.4 Å². The Hall–Kier alpha value is -2.53. The largest absolute Gasteiger partial charge is 0.493 e. The van der Waals surface area contributed by atoms with E-state index in [0.29, 0.717) is 13.0 Å². The molecule has 4 rings (SSSR count). The molecule has 2 heterocycles. The molecule has 0 aliphatic carbocycles. The standard InChI is InChI=1S/C16H15N3O2/c20-15-17-16(18-19(15)12-6-2-1-3-7-12)10-11-21-14-9-5-4-8-13(14)16/h1-9,18H,10-11H2,(H,17,20). The quantitative estimate of drug-likeness (QED) is 0.843. The molecule has 2 aromatic carbocycles. The van der Waals surface area contributed by atoms with E-state index in [1.54, 1.807) is 5.01 Å². The summed E-state index contributed by atoms with van der Waals surface area (Å²) >= 11 is 0. The third-order valence-electron chi connectivity index (χ3n) is 3.92. The van der Waals surface area contributed by atoms with Crippen LogP contribution in [0.2, 0.25) is 0 Å². The van der Waals surface area contributed by atoms with E-state index in [0.717, 1.165) is 17.0 Å². The Kier molecular flexibility index (Phi) is 2.62. The summed E-state index contributed by atoms with van der Waals surface area (Å²) in [5.41, 5.74) is 4.50. The predicted octanol–water partition coefficient (Wildman–Crippen LogP) is 2.36. The van der Waals surface area contributed by atoms with Gasteiger partial charge in [0.05, 0.1) is 12.3 Å². The van der Waals surface area contributed by atoms with Crippen LogP contribution in [0.15, 0.2) is 54.6 Å². The van der Waals surface area contributed by atoms with Crippen LogP contribution in [-0.4, -0.2) is 12.6 Å². The Morgan fingerprint density at radius 1 is 1.05 bits per heavy atom. The van der Waals surface area contributed by atoms with Gasteiger partial charge in [-0.05, 0) is 18.2 Å². The van der Waals surface area contributed by atoms with Crippen LogP contribution in [0.5, 0.6) is 5.75 Å². The average Bonchev–Trinajstić information content (AvgIpc) is 2.86. The number of carbonyl (C=O) groups excluding carboxylic acids is 1. The Labute approximate surface area is 122 Å². The lowest BCUT2D eigenvalue weighted by Crippen LogP contribution is -2.51. The third-order valence-corrected chi connectivity index (χ3v) is 3.92. The summed E-state index contributed by atoms with van der Waals surface area (Å²) in [6.45, 7) is 0.562. The van der Waals surface area contributed by atoms with Gasteiger partial charge < -0.3 is 10.1 Å². The summed E-state index contributed by atoms with van der Waals surface area (Å²) in [7, 11) is 0. The van der Waals surface area contributed by atoms with Gasteiger partial charge in [-0.2, -0.15) is 5.43 Å². The van der Waals surface area contributed by atoms with Crippen molar-refractivity contribution >= 4 is 11.7 Å². The minimum Gasteiger partial charge on any atom is -0.493 e. The number of anilines is 1. The highest BCUT2D eigenvalue weighted by Gasteiger charge is 2.47. The molecule has 2 aliphatic heterocycles. The second-order valence-corrected chi connectivity index (χ2v) is 5.21. The molecule has 5 heteroatoms. The Bertz CT molecular complexity index is 689. The van der Waals surface area contributed by atoms with Gasteiger partial charge >= 0.3 is 6.03 Å². The zero-order chi connectivity index (χ0) is 14.3. The molecule has 2 aliphatic rings. The summed E-state index contributed by atoms with van der Waals surface area (Å²) in [4.78, 5) is 12.4. The van der Waals surface area contributed by atoms with E-state index in [-0.39, 0.29) is 6.03 Å². The van der Waals surface area contributed by atoms with Crippen molar-refractivity contribution in [3.8, 4) is 5.75 Å². The van der Waals surface area contributed by atoms with Crippen LogP contribution in [-0.2, 0) is 5.66 Å². The predicted molar refractivity (Wildman–Crippen MR) is 78.8 cm³/mol. The molecular formula is C16H15N3O2. The van der Waals surface area contributed by atoms with Crippen LogP contribution < -0.4 is 20.5 Å². The fraction of sp³-hybridized carbons (Fsp3) is 0.188. The molecule has 0 radical (unpaired) electrons. The number of rotatable bonds is 1. The molecule has 1 spiro atoms. The van der Waals surface area contributed by atoms with E-state index in [2.05, 4.69) is 10.7 Å². The van der Waals surface area contributed by atoms with E-state index in [1.165, 1.54) is 0 Å². The second kappa shape index (κ2) is 4.49. The number of fused-ring (bicyclic) bond motifs is 2. The first-order valence-corrected chi connectivity index (χ1v) is 6.96. The van der Waals surface area contributed by atoms with Crippen molar-refractivity contribution in [1.29, 1.82) is 0 Å². The Morgan fingerprint density at radius 3 is 2.67 bits per heavy atom. The zero-order valence-corrected chi connectivity index (χ0v) is 11.4. The molecule has 1 saturated heterocycles. The van der Waals surface area contributed by atoms with E-state index in [9.17, 15) is 4.79 Å². The fourth-order valence-electron chi connectivity index (χ4n) is 2.91. The van der Waals surface area contributed by atoms with Gasteiger partial charge in [-0.3, -0.25) is 0 Å². The molecule has 1 fully saturated rings. The minimum atomic E-state index is -0.595. The molecule has 0 aromatic heterocycles. The maximum absolute atomic E-state index is 12.4. The number of carbonyl (C=O) groups is 1. The van der Waals surface area contributed by atoms with Gasteiger partial charge in [0.1, 0.15) is 11.4 Å². The number of benzene rings is 2. The highest BCUT2D eigenvalue weighted by atomic mass is 16.5. The van der Waals surface area contributed by atoms with E-state index < -0.39 is 5.66 Å². The molecule has 5 nitrogen and oxygen atoms in total. The van der Waals surface area contributed by atoms with Crippen molar-refractivity contribution in [2.45, 2.75) is 12.1 Å². The van der Waals surface area contributed by atoms with Crippen LogP contribution in [0.1, 0.15) is 12.0 Å². The SMILES string of the molecule is O=C1NC2(CCOc3ccccc32)NN1c1ccccc1. The number of amides is 2. The number of para-hydroxylation sites is 2. The number of nitrogens with one attached hydrogen (secondary N) is 2. The summed E-state index contributed by atoms with van der Waals surface area (Å²) in [5.74, 6) is 0.812. The molecular weight excluding hydrogens is 266 g/mol. The normalized spacial score (nSPS) is 23.6. The first-order valence-electron chi connectivity index (χ1n) is 6.96. The molecule has 21 heavy (non-hydrogen) atoms. The van der Waals surface area contributed by atoms with Crippen molar-refractivity contribution in [3.63, 3.8) is 0 Å². The van der Waals surface area contributed by atoms with Gasteiger partial charge in [0, 0.05) is 12.0 Å². The smallest absolute Gasteiger partial charge is 0.338 e. The summed E-state index contributed by atoms with van der Waals surface area (Å²) < 4.78 is 5.68. The maximum atomic E-state index is 12.4. The molecule has 0 bridgehead atoms.